The Hall–Kier alpha value is -3.20. The summed E-state index contributed by atoms with van der Waals surface area (Å²) >= 11 is 0. The van der Waals surface area contributed by atoms with E-state index in [1.807, 2.05) is 30.2 Å². The second-order valence-corrected chi connectivity index (χ2v) is 8.10. The SMILES string of the molecule is Cn1cc(CN2CC[C@@H]3[C@@H]2CCN3Cc2ccccn2)cn1.O=C(O)C(F)(F)F.O=C(O)C(F)(F)F. The molecule has 4 rings (SSSR count). The van der Waals surface area contributed by atoms with Crippen LogP contribution >= 0.6 is 0 Å². The summed E-state index contributed by atoms with van der Waals surface area (Å²) in [6.07, 6.45) is -1.59. The van der Waals surface area contributed by atoms with Gasteiger partial charge in [0.25, 0.3) is 0 Å². The molecule has 0 unspecified atom stereocenters. The number of likely N-dealkylation sites (tertiary alicyclic amines) is 2. The molecule has 0 amide bonds. The fourth-order valence-electron chi connectivity index (χ4n) is 4.04. The molecule has 2 atom stereocenters. The standard InChI is InChI=1S/C17H23N5.2C2HF3O2/c1-20-11-14(10-19-20)12-21-8-5-17-16(21)6-9-22(17)13-15-4-2-3-7-18-15;2*3-2(4,5)1(6)7/h2-4,7,10-11,16-17H,5-6,8-9,12-13H2,1H3;2*(H,6,7)/t16-,17+;;/m0../s1. The predicted molar refractivity (Wildman–Crippen MR) is 112 cm³/mol. The highest BCUT2D eigenvalue weighted by atomic mass is 19.4. The lowest BCUT2D eigenvalue weighted by Crippen LogP contribution is -2.36. The molecule has 4 heterocycles. The summed E-state index contributed by atoms with van der Waals surface area (Å²) in [4.78, 5) is 27.5. The molecular weight excluding hydrogens is 500 g/mol. The van der Waals surface area contributed by atoms with Crippen LogP contribution in [0.1, 0.15) is 24.1 Å². The van der Waals surface area contributed by atoms with Gasteiger partial charge in [-0.3, -0.25) is 19.5 Å². The molecule has 0 bridgehead atoms. The van der Waals surface area contributed by atoms with Crippen LogP contribution < -0.4 is 0 Å². The average molecular weight is 525 g/mol. The van der Waals surface area contributed by atoms with Gasteiger partial charge < -0.3 is 10.2 Å². The highest BCUT2D eigenvalue weighted by Crippen LogP contribution is 2.33. The van der Waals surface area contributed by atoms with Crippen molar-refractivity contribution in [2.45, 2.75) is 50.4 Å². The lowest BCUT2D eigenvalue weighted by molar-refractivity contribution is -0.193. The molecule has 0 radical (unpaired) electrons. The number of carboxylic acid groups (broad SMARTS) is 2. The Balaban J connectivity index is 0.000000271. The third-order valence-electron chi connectivity index (χ3n) is 5.53. The molecule has 2 aliphatic rings. The number of fused-ring (bicyclic) bond motifs is 1. The van der Waals surface area contributed by atoms with Crippen LogP contribution in [0, 0.1) is 0 Å². The minimum absolute atomic E-state index is 0.693. The number of carboxylic acids is 2. The molecule has 200 valence electrons. The van der Waals surface area contributed by atoms with Gasteiger partial charge in [0.2, 0.25) is 0 Å². The minimum atomic E-state index is -5.08. The van der Waals surface area contributed by atoms with Crippen molar-refractivity contribution in [3.63, 3.8) is 0 Å². The van der Waals surface area contributed by atoms with Gasteiger partial charge in [0.05, 0.1) is 11.9 Å². The van der Waals surface area contributed by atoms with E-state index in [1.165, 1.54) is 37.2 Å². The summed E-state index contributed by atoms with van der Waals surface area (Å²) in [5.41, 5.74) is 2.51. The Morgan fingerprint density at radius 1 is 0.944 bits per heavy atom. The molecule has 0 aromatic carbocycles. The summed E-state index contributed by atoms with van der Waals surface area (Å²) in [6, 6.07) is 7.60. The smallest absolute Gasteiger partial charge is 0.475 e. The summed E-state index contributed by atoms with van der Waals surface area (Å²) in [6.45, 7) is 4.41. The summed E-state index contributed by atoms with van der Waals surface area (Å²) in [5.74, 6) is -5.51. The molecule has 2 aromatic heterocycles. The van der Waals surface area contributed by atoms with Gasteiger partial charge in [-0.2, -0.15) is 31.4 Å². The number of carbonyl (C=O) groups is 2. The van der Waals surface area contributed by atoms with Crippen LogP contribution in [0.5, 0.6) is 0 Å². The van der Waals surface area contributed by atoms with E-state index in [0.29, 0.717) is 12.1 Å². The van der Waals surface area contributed by atoms with Crippen molar-refractivity contribution >= 4 is 11.9 Å². The first-order valence-electron chi connectivity index (χ1n) is 10.6. The topological polar surface area (TPSA) is 112 Å². The number of aliphatic carboxylic acids is 2. The van der Waals surface area contributed by atoms with Crippen LogP contribution in [-0.4, -0.2) is 84.2 Å². The summed E-state index contributed by atoms with van der Waals surface area (Å²) in [5, 5.41) is 18.5. The number of hydrogen-bond acceptors (Lipinski definition) is 6. The van der Waals surface area contributed by atoms with E-state index in [2.05, 4.69) is 38.2 Å². The third kappa shape index (κ3) is 8.78. The second-order valence-electron chi connectivity index (χ2n) is 8.10. The Bertz CT molecular complexity index is 975. The lowest BCUT2D eigenvalue weighted by Gasteiger charge is -2.25. The van der Waals surface area contributed by atoms with E-state index in [1.54, 1.807) is 0 Å². The monoisotopic (exact) mass is 525 g/mol. The quantitative estimate of drug-likeness (QED) is 0.587. The molecule has 15 heteroatoms. The van der Waals surface area contributed by atoms with Crippen molar-refractivity contribution < 1.29 is 46.1 Å². The van der Waals surface area contributed by atoms with Crippen LogP contribution in [0.15, 0.2) is 36.8 Å². The van der Waals surface area contributed by atoms with Crippen LogP contribution in [0.2, 0.25) is 0 Å². The van der Waals surface area contributed by atoms with Gasteiger partial charge in [0.15, 0.2) is 0 Å². The van der Waals surface area contributed by atoms with Crippen molar-refractivity contribution in [1.29, 1.82) is 0 Å². The maximum atomic E-state index is 10.6. The van der Waals surface area contributed by atoms with Gasteiger partial charge in [-0.15, -0.1) is 0 Å². The number of aromatic nitrogens is 3. The molecular formula is C21H25F6N5O4. The van der Waals surface area contributed by atoms with Gasteiger partial charge in [-0.05, 0) is 25.0 Å². The fourth-order valence-corrected chi connectivity index (χ4v) is 4.04. The van der Waals surface area contributed by atoms with E-state index in [0.717, 1.165) is 13.1 Å². The largest absolute Gasteiger partial charge is 0.490 e. The molecule has 2 aromatic rings. The maximum absolute atomic E-state index is 10.6. The van der Waals surface area contributed by atoms with Crippen LogP contribution in [-0.2, 0) is 29.7 Å². The normalized spacial score (nSPS) is 20.1. The van der Waals surface area contributed by atoms with Gasteiger partial charge in [-0.1, -0.05) is 6.07 Å². The van der Waals surface area contributed by atoms with E-state index >= 15 is 0 Å². The van der Waals surface area contributed by atoms with Crippen LogP contribution in [0.4, 0.5) is 26.3 Å². The molecule has 0 saturated carbocycles. The van der Waals surface area contributed by atoms with Crippen molar-refractivity contribution in [3.8, 4) is 0 Å². The molecule has 9 nitrogen and oxygen atoms in total. The zero-order valence-corrected chi connectivity index (χ0v) is 19.1. The van der Waals surface area contributed by atoms with Crippen molar-refractivity contribution in [3.05, 3.63) is 48.0 Å². The molecule has 0 aliphatic carbocycles. The van der Waals surface area contributed by atoms with Crippen LogP contribution in [0.25, 0.3) is 0 Å². The highest BCUT2D eigenvalue weighted by molar-refractivity contribution is 5.73. The number of halogens is 6. The van der Waals surface area contributed by atoms with E-state index in [-0.39, 0.29) is 0 Å². The van der Waals surface area contributed by atoms with E-state index in [9.17, 15) is 26.3 Å². The van der Waals surface area contributed by atoms with Gasteiger partial charge in [0.1, 0.15) is 0 Å². The first-order chi connectivity index (χ1) is 16.7. The van der Waals surface area contributed by atoms with Gasteiger partial charge >= 0.3 is 24.3 Å². The van der Waals surface area contributed by atoms with E-state index < -0.39 is 24.3 Å². The first kappa shape index (κ1) is 29.0. The number of nitrogens with zero attached hydrogens (tertiary/aromatic N) is 5. The van der Waals surface area contributed by atoms with Crippen molar-refractivity contribution in [1.82, 2.24) is 24.6 Å². The van der Waals surface area contributed by atoms with Gasteiger partial charge in [-0.25, -0.2) is 9.59 Å². The molecule has 2 saturated heterocycles. The summed E-state index contributed by atoms with van der Waals surface area (Å²) in [7, 11) is 1.99. The number of rotatable bonds is 4. The average Bonchev–Trinajstić information content (AvgIpc) is 3.47. The van der Waals surface area contributed by atoms with Crippen molar-refractivity contribution in [2.24, 2.45) is 7.05 Å². The lowest BCUT2D eigenvalue weighted by atomic mass is 10.1. The molecule has 0 spiro atoms. The molecule has 36 heavy (non-hydrogen) atoms. The number of alkyl halides is 6. The zero-order chi connectivity index (χ0) is 27.1. The highest BCUT2D eigenvalue weighted by Gasteiger charge is 2.42. The third-order valence-corrected chi connectivity index (χ3v) is 5.53. The Morgan fingerprint density at radius 2 is 1.44 bits per heavy atom. The molecule has 2 N–H and O–H groups in total. The molecule has 2 aliphatic heterocycles. The zero-order valence-electron chi connectivity index (χ0n) is 19.1. The summed E-state index contributed by atoms with van der Waals surface area (Å²) < 4.78 is 65.4. The fraction of sp³-hybridized carbons (Fsp3) is 0.524. The molecule has 2 fully saturated rings. The second kappa shape index (κ2) is 12.2. The van der Waals surface area contributed by atoms with E-state index in [4.69, 9.17) is 19.8 Å². The Morgan fingerprint density at radius 3 is 1.83 bits per heavy atom. The van der Waals surface area contributed by atoms with Crippen molar-refractivity contribution in [2.75, 3.05) is 13.1 Å². The predicted octanol–water partition coefficient (Wildman–Crippen LogP) is 2.93. The Kier molecular flexibility index (Phi) is 9.81. The number of pyridine rings is 1. The number of hydrogen-bond donors (Lipinski definition) is 2. The van der Waals surface area contributed by atoms with Gasteiger partial charge in [0, 0.05) is 63.3 Å². The first-order valence-corrected chi connectivity index (χ1v) is 10.6. The Labute approximate surface area is 201 Å². The number of aryl methyl sites for hydroxylation is 1. The maximum Gasteiger partial charge on any atom is 0.490 e. The minimum Gasteiger partial charge on any atom is -0.475 e. The van der Waals surface area contributed by atoms with Crippen LogP contribution in [0.3, 0.4) is 0 Å².